The van der Waals surface area contributed by atoms with Gasteiger partial charge in [-0.3, -0.25) is 10.1 Å². The van der Waals surface area contributed by atoms with Gasteiger partial charge in [0.1, 0.15) is 12.6 Å². The molecule has 0 bridgehead atoms. The van der Waals surface area contributed by atoms with Crippen molar-refractivity contribution in [3.63, 3.8) is 0 Å². The fourth-order valence-corrected chi connectivity index (χ4v) is 4.06. The zero-order valence-corrected chi connectivity index (χ0v) is 19.5. The highest BCUT2D eigenvalue weighted by molar-refractivity contribution is 5.93. The lowest BCUT2D eigenvalue weighted by molar-refractivity contribution is -0.195. The Morgan fingerprint density at radius 3 is 2.00 bits per heavy atom. The fraction of sp³-hybridized carbons (Fsp3) is 0.400. The Morgan fingerprint density at radius 1 is 1.03 bits per heavy atom. The zero-order chi connectivity index (χ0) is 26.0. The van der Waals surface area contributed by atoms with Crippen molar-refractivity contribution in [2.24, 2.45) is 5.92 Å². The van der Waals surface area contributed by atoms with E-state index >= 15 is 0 Å². The predicted octanol–water partition coefficient (Wildman–Crippen LogP) is 4.46. The van der Waals surface area contributed by atoms with Crippen molar-refractivity contribution < 1.29 is 37.4 Å². The van der Waals surface area contributed by atoms with Crippen LogP contribution in [0.25, 0.3) is 11.1 Å². The number of carbonyl (C=O) groups is 3. The first kappa shape index (κ1) is 26.1. The minimum atomic E-state index is -5.22. The molecule has 3 N–H and O–H groups in total. The molecule has 7 nitrogen and oxygen atoms in total. The molecule has 0 saturated carbocycles. The van der Waals surface area contributed by atoms with Crippen molar-refractivity contribution in [2.75, 3.05) is 6.61 Å². The summed E-state index contributed by atoms with van der Waals surface area (Å²) in [7, 11) is 0. The van der Waals surface area contributed by atoms with Gasteiger partial charge in [-0.05, 0) is 35.1 Å². The van der Waals surface area contributed by atoms with Crippen LogP contribution in [0.2, 0.25) is 0 Å². The molecule has 2 aromatic carbocycles. The van der Waals surface area contributed by atoms with Gasteiger partial charge in [0, 0.05) is 5.92 Å². The van der Waals surface area contributed by atoms with E-state index < -0.39 is 41.6 Å². The third-order valence-electron chi connectivity index (χ3n) is 6.48. The molecule has 1 aliphatic rings. The number of carboxylic acids is 1. The molecule has 3 atom stereocenters. The third-order valence-corrected chi connectivity index (χ3v) is 6.48. The molecular weight excluding hydrogens is 465 g/mol. The molecule has 0 aromatic heterocycles. The van der Waals surface area contributed by atoms with Crippen molar-refractivity contribution in [3.8, 4) is 11.1 Å². The molecule has 188 valence electrons. The van der Waals surface area contributed by atoms with Crippen LogP contribution in [0.15, 0.2) is 48.5 Å². The molecule has 0 aliphatic heterocycles. The lowest BCUT2D eigenvalue weighted by Gasteiger charge is -2.33. The van der Waals surface area contributed by atoms with Crippen LogP contribution < -0.4 is 10.6 Å². The van der Waals surface area contributed by atoms with Crippen LogP contribution in [-0.4, -0.2) is 47.4 Å². The third kappa shape index (κ3) is 5.11. The lowest BCUT2D eigenvalue weighted by Crippen LogP contribution is -2.67. The number of fused-ring (bicyclic) bond motifs is 3. The van der Waals surface area contributed by atoms with Crippen LogP contribution >= 0.6 is 0 Å². The number of benzene rings is 2. The number of rotatable bonds is 8. The van der Waals surface area contributed by atoms with Gasteiger partial charge in [0.2, 0.25) is 5.54 Å². The first-order valence-electron chi connectivity index (χ1n) is 11.1. The van der Waals surface area contributed by atoms with Crippen LogP contribution in [0.1, 0.15) is 44.2 Å². The fourth-order valence-electron chi connectivity index (χ4n) is 4.06. The van der Waals surface area contributed by atoms with Gasteiger partial charge in [0.15, 0.2) is 0 Å². The smallest absolute Gasteiger partial charge is 0.420 e. The summed E-state index contributed by atoms with van der Waals surface area (Å²) in [6.07, 6.45) is -6.36. The van der Waals surface area contributed by atoms with Crippen LogP contribution in [0.5, 0.6) is 0 Å². The van der Waals surface area contributed by atoms with Crippen molar-refractivity contribution in [2.45, 2.75) is 50.9 Å². The summed E-state index contributed by atoms with van der Waals surface area (Å²) in [5, 5.41) is 12.9. The summed E-state index contributed by atoms with van der Waals surface area (Å²) < 4.78 is 46.9. The van der Waals surface area contributed by atoms with Crippen molar-refractivity contribution >= 4 is 18.0 Å². The summed E-state index contributed by atoms with van der Waals surface area (Å²) in [5.74, 6) is -4.19. The Kier molecular flexibility index (Phi) is 7.42. The average molecular weight is 492 g/mol. The largest absolute Gasteiger partial charge is 0.480 e. The minimum absolute atomic E-state index is 0.250. The van der Waals surface area contributed by atoms with Gasteiger partial charge >= 0.3 is 18.2 Å². The number of amides is 2. The maximum absolute atomic E-state index is 13.9. The number of alkyl halides is 3. The van der Waals surface area contributed by atoms with Crippen molar-refractivity contribution in [1.29, 1.82) is 0 Å². The van der Waals surface area contributed by atoms with E-state index in [1.54, 1.807) is 12.2 Å². The average Bonchev–Trinajstić information content (AvgIpc) is 3.13. The molecule has 2 aromatic rings. The zero-order valence-electron chi connectivity index (χ0n) is 19.5. The van der Waals surface area contributed by atoms with Gasteiger partial charge in [-0.15, -0.1) is 0 Å². The van der Waals surface area contributed by atoms with Crippen LogP contribution in [0, 0.1) is 5.92 Å². The summed E-state index contributed by atoms with van der Waals surface area (Å²) in [5.41, 5.74) is 0.227. The van der Waals surface area contributed by atoms with E-state index in [0.717, 1.165) is 22.3 Å². The second-order valence-corrected chi connectivity index (χ2v) is 8.75. The molecule has 2 amide bonds. The first-order chi connectivity index (χ1) is 16.4. The molecule has 0 radical (unpaired) electrons. The van der Waals surface area contributed by atoms with Crippen LogP contribution in [0.4, 0.5) is 18.0 Å². The van der Waals surface area contributed by atoms with E-state index in [1.165, 1.54) is 6.92 Å². The molecule has 0 heterocycles. The van der Waals surface area contributed by atoms with Gasteiger partial charge < -0.3 is 15.2 Å². The van der Waals surface area contributed by atoms with E-state index in [1.807, 2.05) is 53.8 Å². The molecule has 0 fully saturated rings. The Balaban J connectivity index is 1.76. The predicted molar refractivity (Wildman–Crippen MR) is 122 cm³/mol. The summed E-state index contributed by atoms with van der Waals surface area (Å²) >= 11 is 0. The number of carboxylic acid groups (broad SMARTS) is 1. The highest BCUT2D eigenvalue weighted by Crippen LogP contribution is 2.44. The van der Waals surface area contributed by atoms with Crippen LogP contribution in [-0.2, 0) is 14.3 Å². The number of aliphatic carboxylic acids is 1. The second-order valence-electron chi connectivity index (χ2n) is 8.75. The number of carbonyl (C=O) groups excluding carboxylic acids is 2. The molecule has 1 aliphatic carbocycles. The number of halogens is 3. The quantitative estimate of drug-likeness (QED) is 0.505. The van der Waals surface area contributed by atoms with Gasteiger partial charge in [0.25, 0.3) is 5.91 Å². The van der Waals surface area contributed by atoms with E-state index in [0.29, 0.717) is 13.3 Å². The maximum atomic E-state index is 13.9. The van der Waals surface area contributed by atoms with Crippen molar-refractivity contribution in [3.05, 3.63) is 59.7 Å². The molecule has 35 heavy (non-hydrogen) atoms. The van der Waals surface area contributed by atoms with E-state index in [4.69, 9.17) is 4.74 Å². The SMILES string of the molecule is CC[C@H](C)[C@H](NC(=O)C(C)(NC(=O)OCC1c2ccccc2-c2ccccc21)C(F)(F)F)C(=O)O. The lowest BCUT2D eigenvalue weighted by atomic mass is 9.95. The van der Waals surface area contributed by atoms with E-state index in [-0.39, 0.29) is 12.5 Å². The molecule has 10 heteroatoms. The Bertz CT molecular complexity index is 1070. The topological polar surface area (TPSA) is 105 Å². The molecular formula is C25H27F3N2O5. The summed E-state index contributed by atoms with van der Waals surface area (Å²) in [6, 6.07) is 13.3. The summed E-state index contributed by atoms with van der Waals surface area (Å²) in [4.78, 5) is 36.6. The number of hydrogen-bond acceptors (Lipinski definition) is 4. The van der Waals surface area contributed by atoms with Gasteiger partial charge in [-0.2, -0.15) is 13.2 Å². The monoisotopic (exact) mass is 492 g/mol. The first-order valence-corrected chi connectivity index (χ1v) is 11.1. The van der Waals surface area contributed by atoms with Gasteiger partial charge in [0.05, 0.1) is 0 Å². The molecule has 3 rings (SSSR count). The van der Waals surface area contributed by atoms with E-state index in [2.05, 4.69) is 0 Å². The number of alkyl carbamates (subject to hydrolysis) is 1. The van der Waals surface area contributed by atoms with Crippen LogP contribution in [0.3, 0.4) is 0 Å². The van der Waals surface area contributed by atoms with E-state index in [9.17, 15) is 32.7 Å². The minimum Gasteiger partial charge on any atom is -0.480 e. The Hall–Kier alpha value is -3.56. The number of ether oxygens (including phenoxy) is 1. The molecule has 1 unspecified atom stereocenters. The Morgan fingerprint density at radius 2 is 1.54 bits per heavy atom. The maximum Gasteiger partial charge on any atom is 0.420 e. The standard InChI is InChI=1S/C25H27F3N2O5/c1-4-14(2)20(21(31)32)29-22(33)24(3,25(26,27)28)30-23(34)35-13-19-17-11-7-5-9-15(17)16-10-6-8-12-18(16)19/h5-12,14,19-20H,4,13H2,1-3H3,(H,29,33)(H,30,34)(H,31,32)/t14-,20-,24?/m0/s1. The Labute approximate surface area is 200 Å². The molecule has 0 saturated heterocycles. The number of nitrogens with one attached hydrogen (secondary N) is 2. The van der Waals surface area contributed by atoms with Gasteiger partial charge in [-0.1, -0.05) is 68.8 Å². The molecule has 0 spiro atoms. The second kappa shape index (κ2) is 9.97. The number of hydrogen-bond donors (Lipinski definition) is 3. The highest BCUT2D eigenvalue weighted by atomic mass is 19.4. The highest BCUT2D eigenvalue weighted by Gasteiger charge is 2.59. The van der Waals surface area contributed by atoms with Crippen molar-refractivity contribution in [1.82, 2.24) is 10.6 Å². The normalized spacial score (nSPS) is 16.3. The summed E-state index contributed by atoms with van der Waals surface area (Å²) in [6.45, 7) is 3.35. The van der Waals surface area contributed by atoms with Gasteiger partial charge in [-0.25, -0.2) is 9.59 Å².